The van der Waals surface area contributed by atoms with E-state index in [2.05, 4.69) is 239 Å². The predicted octanol–water partition coefficient (Wildman–Crippen LogP) is 14.6. The van der Waals surface area contributed by atoms with E-state index in [-0.39, 0.29) is 23.0 Å². The van der Waals surface area contributed by atoms with Crippen LogP contribution in [0.25, 0.3) is 66.7 Å². The van der Waals surface area contributed by atoms with Gasteiger partial charge in [0, 0.05) is 42.9 Å². The van der Waals surface area contributed by atoms with Crippen molar-refractivity contribution in [3.63, 3.8) is 0 Å². The van der Waals surface area contributed by atoms with Crippen molar-refractivity contribution in [2.24, 2.45) is 7.05 Å². The average Bonchev–Trinajstić information content (AvgIpc) is 3.77. The normalized spacial score (nSPS) is 13.7. The molecule has 7 aromatic carbocycles. The molecule has 4 heterocycles. The fourth-order valence-electron chi connectivity index (χ4n) is 11.5. The minimum atomic E-state index is -0.0167. The molecule has 68 heavy (non-hydrogen) atoms. The maximum absolute atomic E-state index is 2.65. The van der Waals surface area contributed by atoms with Gasteiger partial charge in [-0.1, -0.05) is 174 Å². The molecule has 0 radical (unpaired) electrons. The molecule has 0 unspecified atom stereocenters. The van der Waals surface area contributed by atoms with E-state index in [0.717, 1.165) is 0 Å². The van der Waals surface area contributed by atoms with Gasteiger partial charge in [0.2, 0.25) is 6.71 Å². The molecule has 2 aliphatic rings. The molecule has 0 aliphatic carbocycles. The minimum Gasteiger partial charge on any atom is -0.310 e. The molecule has 0 spiro atoms. The number of nitrogens with zero attached hydrogens (tertiary/aromatic N) is 3. The Balaban J connectivity index is 1.17. The molecule has 0 atom stereocenters. The summed E-state index contributed by atoms with van der Waals surface area (Å²) in [7, 11) is 2.24. The topological polar surface area (TPSA) is 13.7 Å². The van der Waals surface area contributed by atoms with Crippen molar-refractivity contribution in [3.05, 3.63) is 155 Å². The van der Waals surface area contributed by atoms with E-state index in [4.69, 9.17) is 0 Å². The summed E-state index contributed by atoms with van der Waals surface area (Å²) in [5.74, 6) is 1.94. The van der Waals surface area contributed by atoms with E-state index in [1.165, 1.54) is 126 Å². The second-order valence-corrected chi connectivity index (χ2v) is 24.9. The van der Waals surface area contributed by atoms with Gasteiger partial charge >= 0.3 is 0 Å². The molecule has 2 aliphatic heterocycles. The Morgan fingerprint density at radius 1 is 0.544 bits per heavy atom. The zero-order valence-corrected chi connectivity index (χ0v) is 43.8. The monoisotopic (exact) mass is 909 g/mol. The van der Waals surface area contributed by atoms with Crippen molar-refractivity contribution in [1.82, 2.24) is 9.13 Å². The fourth-order valence-corrected chi connectivity index (χ4v) is 12.7. The van der Waals surface area contributed by atoms with Crippen molar-refractivity contribution >= 4 is 67.7 Å². The number of fused-ring (bicyclic) bond motifs is 8. The number of para-hydroxylation sites is 3. The first-order valence-corrected chi connectivity index (χ1v) is 25.8. The molecule has 2 aromatic heterocycles. The van der Waals surface area contributed by atoms with Gasteiger partial charge in [0.15, 0.2) is 11.0 Å². The van der Waals surface area contributed by atoms with Crippen LogP contribution in [0.15, 0.2) is 131 Å². The van der Waals surface area contributed by atoms with Crippen molar-refractivity contribution in [2.75, 3.05) is 0 Å². The van der Waals surface area contributed by atoms with Crippen LogP contribution >= 0.6 is 11.8 Å². The number of benzene rings is 7. The van der Waals surface area contributed by atoms with Crippen LogP contribution in [-0.4, -0.2) is 15.8 Å². The van der Waals surface area contributed by atoms with E-state index >= 15 is 0 Å². The zero-order chi connectivity index (χ0) is 48.1. The second kappa shape index (κ2) is 15.4. The van der Waals surface area contributed by atoms with Gasteiger partial charge in [0.05, 0.1) is 18.1 Å². The lowest BCUT2D eigenvalue weighted by molar-refractivity contribution is -0.633. The van der Waals surface area contributed by atoms with Crippen molar-refractivity contribution in [2.45, 2.75) is 135 Å². The van der Waals surface area contributed by atoms with Crippen LogP contribution < -0.4 is 21.0 Å². The average molecular weight is 909 g/mol. The highest BCUT2D eigenvalue weighted by Crippen LogP contribution is 2.45. The Hall–Kier alpha value is -5.78. The quantitative estimate of drug-likeness (QED) is 0.124. The lowest BCUT2D eigenvalue weighted by atomic mass is 9.35. The molecular weight excluding hydrogens is 842 g/mol. The van der Waals surface area contributed by atoms with E-state index in [1.54, 1.807) is 0 Å². The van der Waals surface area contributed by atoms with Gasteiger partial charge in [-0.25, -0.2) is 4.57 Å². The first-order chi connectivity index (χ1) is 32.1. The molecule has 0 fully saturated rings. The number of rotatable bonds is 5. The molecule has 11 rings (SSSR count). The van der Waals surface area contributed by atoms with Crippen LogP contribution in [-0.2, 0) is 23.3 Å². The largest absolute Gasteiger partial charge is 0.310 e. The van der Waals surface area contributed by atoms with Gasteiger partial charge in [-0.15, -0.1) is 0 Å². The molecule has 9 aromatic rings. The van der Waals surface area contributed by atoms with Crippen molar-refractivity contribution in [3.8, 4) is 33.9 Å². The van der Waals surface area contributed by atoms with Crippen LogP contribution in [0, 0.1) is 6.92 Å². The SMILES string of the molecule is Cc1cc(-c2cc3c4c(c2)-n2c5ccc(C(C)(C)C)cc5c5cc(C(C)(C)C)cc(c52)B4c2cc(C(C)(C)C)ccc2S3)ccc1-c1n(-c2c(C(C)C)cccc2C(C)C)c2ccccc2[n+]1C. The number of aromatic nitrogens is 3. The summed E-state index contributed by atoms with van der Waals surface area (Å²) < 4.78 is 7.63. The Morgan fingerprint density at radius 3 is 1.84 bits per heavy atom. The van der Waals surface area contributed by atoms with E-state index in [0.29, 0.717) is 11.8 Å². The highest BCUT2D eigenvalue weighted by molar-refractivity contribution is 8.00. The standard InChI is InChI=1S/C63H67BN3S/c1-36(2)44-19-18-20-45(37(3)4)58(44)67-53-22-17-16-21-52(53)65(15)60(67)46-26-23-39(29-38(46)5)40-30-54-57-56(31-40)68-55-28-25-42(62(9,10)11)34-49(55)64(57)50-35-43(63(12,13)14)33-48-47-32-41(61(6,7)8)24-27-51(47)66(54)59(48)50/h16-37H,1-15H3/q+1. The maximum atomic E-state index is 2.65. The zero-order valence-electron chi connectivity index (χ0n) is 43.0. The Labute approximate surface area is 409 Å². The summed E-state index contributed by atoms with van der Waals surface area (Å²) in [5.41, 5.74) is 24.0. The number of aryl methyl sites for hydroxylation is 2. The summed E-state index contributed by atoms with van der Waals surface area (Å²) in [6.07, 6.45) is 0. The molecule has 0 saturated heterocycles. The molecular formula is C63H67BN3S+. The molecule has 342 valence electrons. The van der Waals surface area contributed by atoms with Gasteiger partial charge in [-0.3, -0.25) is 0 Å². The van der Waals surface area contributed by atoms with Gasteiger partial charge in [0.25, 0.3) is 5.82 Å². The van der Waals surface area contributed by atoms with Gasteiger partial charge < -0.3 is 4.57 Å². The molecule has 0 amide bonds. The van der Waals surface area contributed by atoms with E-state index < -0.39 is 0 Å². The summed E-state index contributed by atoms with van der Waals surface area (Å²) in [6.45, 7) is 32.9. The molecule has 0 bridgehead atoms. The summed E-state index contributed by atoms with van der Waals surface area (Å²) >= 11 is 1.96. The third kappa shape index (κ3) is 6.80. The summed E-state index contributed by atoms with van der Waals surface area (Å²) in [4.78, 5) is 2.72. The number of imidazole rings is 1. The van der Waals surface area contributed by atoms with Crippen LogP contribution in [0.2, 0.25) is 0 Å². The number of hydrogen-bond donors (Lipinski definition) is 0. The fraction of sp³-hybridized carbons (Fsp3) is 0.317. The highest BCUT2D eigenvalue weighted by atomic mass is 32.2. The Morgan fingerprint density at radius 2 is 1.18 bits per heavy atom. The third-order valence-corrected chi connectivity index (χ3v) is 16.5. The van der Waals surface area contributed by atoms with Crippen LogP contribution in [0.5, 0.6) is 0 Å². The predicted molar refractivity (Wildman–Crippen MR) is 294 cm³/mol. The second-order valence-electron chi connectivity index (χ2n) is 23.8. The van der Waals surface area contributed by atoms with Crippen molar-refractivity contribution in [1.29, 1.82) is 0 Å². The van der Waals surface area contributed by atoms with Gasteiger partial charge in [0.1, 0.15) is 5.69 Å². The van der Waals surface area contributed by atoms with Crippen molar-refractivity contribution < 1.29 is 4.57 Å². The maximum Gasteiger partial charge on any atom is 0.295 e. The molecule has 3 nitrogen and oxygen atoms in total. The number of hydrogen-bond acceptors (Lipinski definition) is 1. The Kier molecular flexibility index (Phi) is 10.1. The smallest absolute Gasteiger partial charge is 0.295 e. The van der Waals surface area contributed by atoms with E-state index in [1.807, 2.05) is 11.8 Å². The summed E-state index contributed by atoms with van der Waals surface area (Å²) in [5, 5.41) is 2.71. The minimum absolute atomic E-state index is 0.0167. The van der Waals surface area contributed by atoms with Crippen LogP contribution in [0.1, 0.15) is 135 Å². The molecule has 0 saturated carbocycles. The molecule has 0 N–H and O–H groups in total. The summed E-state index contributed by atoms with van der Waals surface area (Å²) in [6, 6.07) is 47.8. The first kappa shape index (κ1) is 44.7. The highest BCUT2D eigenvalue weighted by Gasteiger charge is 2.42. The van der Waals surface area contributed by atoms with Gasteiger partial charge in [-0.2, -0.15) is 4.57 Å². The van der Waals surface area contributed by atoms with Crippen LogP contribution in [0.4, 0.5) is 0 Å². The lowest BCUT2D eigenvalue weighted by Gasteiger charge is -2.35. The Bertz CT molecular complexity index is 3550. The van der Waals surface area contributed by atoms with Gasteiger partial charge in [-0.05, 0) is 134 Å². The first-order valence-electron chi connectivity index (χ1n) is 25.0. The third-order valence-electron chi connectivity index (χ3n) is 15.4. The lowest BCUT2D eigenvalue weighted by Crippen LogP contribution is -2.59. The van der Waals surface area contributed by atoms with Crippen LogP contribution in [0.3, 0.4) is 0 Å². The molecule has 5 heteroatoms. The van der Waals surface area contributed by atoms with E-state index in [9.17, 15) is 0 Å².